The van der Waals surface area contributed by atoms with E-state index in [1.165, 1.54) is 10.0 Å². The average molecular weight is 233 g/mol. The predicted octanol–water partition coefficient (Wildman–Crippen LogP) is 2.40. The Morgan fingerprint density at radius 2 is 1.88 bits per heavy atom. The zero-order chi connectivity index (χ0) is 6.73. The Hall–Kier alpha value is 0.130. The van der Waals surface area contributed by atoms with Crippen molar-refractivity contribution in [1.29, 1.82) is 0 Å². The second-order valence-corrected chi connectivity index (χ2v) is 2.77. The number of nitrogens with zero attached hydrogens (tertiary/aromatic N) is 1. The molecule has 0 aromatic rings. The van der Waals surface area contributed by atoms with Crippen LogP contribution in [-0.2, 0) is 0 Å². The van der Waals surface area contributed by atoms with Gasteiger partial charge >= 0.3 is 0 Å². The number of hydrogen-bond donors (Lipinski definition) is 0. The quantitative estimate of drug-likeness (QED) is 0.496. The molecule has 0 aromatic carbocycles. The monoisotopic (exact) mass is 233 g/mol. The van der Waals surface area contributed by atoms with Gasteiger partial charge < -0.3 is 3.11 Å². The van der Waals surface area contributed by atoms with Crippen molar-refractivity contribution in [3.63, 3.8) is 0 Å². The minimum atomic E-state index is -1.62. The first-order chi connectivity index (χ1) is 3.55. The zero-order valence-electron chi connectivity index (χ0n) is 4.58. The third-order valence-electron chi connectivity index (χ3n) is 0.736. The van der Waals surface area contributed by atoms with E-state index in [1.807, 2.05) is 0 Å². The fraction of sp³-hybridized carbons (Fsp3) is 0.500. The highest BCUT2D eigenvalue weighted by atomic mass is 127. The van der Waals surface area contributed by atoms with E-state index in [0.717, 1.165) is 0 Å². The molecule has 0 aliphatic rings. The van der Waals surface area contributed by atoms with Crippen LogP contribution >= 0.6 is 22.9 Å². The van der Waals surface area contributed by atoms with E-state index in [2.05, 4.69) is 0 Å². The highest BCUT2D eigenvalue weighted by Gasteiger charge is 2.00. The number of allylic oxidation sites excluding steroid dienone is 1. The van der Waals surface area contributed by atoms with Gasteiger partial charge in [0.1, 0.15) is 0 Å². The summed E-state index contributed by atoms with van der Waals surface area (Å²) >= 11 is 1.78. The van der Waals surface area contributed by atoms with E-state index in [9.17, 15) is 8.78 Å². The molecule has 0 aliphatic heterocycles. The molecule has 0 atom stereocenters. The lowest BCUT2D eigenvalue weighted by atomic mass is 10.6. The van der Waals surface area contributed by atoms with Crippen molar-refractivity contribution in [2.24, 2.45) is 0 Å². The zero-order valence-corrected chi connectivity index (χ0v) is 6.74. The van der Waals surface area contributed by atoms with E-state index in [4.69, 9.17) is 0 Å². The molecule has 1 nitrogen and oxygen atoms in total. The summed E-state index contributed by atoms with van der Waals surface area (Å²) in [6, 6.07) is 0. The molecule has 0 N–H and O–H groups in total. The molecular weight excluding hydrogens is 227 g/mol. The van der Waals surface area contributed by atoms with E-state index < -0.39 is 6.08 Å². The second kappa shape index (κ2) is 3.21. The van der Waals surface area contributed by atoms with Gasteiger partial charge in [-0.05, 0) is 6.92 Å². The first-order valence-corrected chi connectivity index (χ1v) is 2.93. The van der Waals surface area contributed by atoms with Gasteiger partial charge in [-0.1, -0.05) is 0 Å². The Morgan fingerprint density at radius 3 is 1.88 bits per heavy atom. The van der Waals surface area contributed by atoms with Gasteiger partial charge in [-0.15, -0.1) is 0 Å². The average Bonchev–Trinajstić information content (AvgIpc) is 1.64. The lowest BCUT2D eigenvalue weighted by Crippen LogP contribution is -1.99. The van der Waals surface area contributed by atoms with Crippen LogP contribution in [0.3, 0.4) is 0 Å². The molecule has 0 bridgehead atoms. The lowest BCUT2D eigenvalue weighted by molar-refractivity contribution is 0.396. The first-order valence-electron chi connectivity index (χ1n) is 1.97. The Kier molecular flexibility index (Phi) is 3.27. The van der Waals surface area contributed by atoms with Crippen LogP contribution in [0, 0.1) is 0 Å². The summed E-state index contributed by atoms with van der Waals surface area (Å²) in [6.07, 6.45) is -1.62. The van der Waals surface area contributed by atoms with Crippen LogP contribution in [0.1, 0.15) is 6.92 Å². The molecule has 0 aromatic heterocycles. The Balaban J connectivity index is 4.00. The summed E-state index contributed by atoms with van der Waals surface area (Å²) in [4.78, 5) is 0. The van der Waals surface area contributed by atoms with Gasteiger partial charge in [-0.2, -0.15) is 8.78 Å². The molecule has 0 saturated carbocycles. The van der Waals surface area contributed by atoms with Crippen LogP contribution in [0.15, 0.2) is 11.8 Å². The second-order valence-electron chi connectivity index (χ2n) is 1.32. The van der Waals surface area contributed by atoms with Crippen molar-refractivity contribution in [2.75, 3.05) is 7.05 Å². The molecule has 0 unspecified atom stereocenters. The highest BCUT2D eigenvalue weighted by molar-refractivity contribution is 14.1. The van der Waals surface area contributed by atoms with Crippen LogP contribution in [-0.4, -0.2) is 10.2 Å². The predicted molar refractivity (Wildman–Crippen MR) is 36.7 cm³/mol. The number of halogens is 3. The van der Waals surface area contributed by atoms with Crippen molar-refractivity contribution < 1.29 is 8.78 Å². The largest absolute Gasteiger partial charge is 0.317 e. The van der Waals surface area contributed by atoms with Crippen molar-refractivity contribution in [3.05, 3.63) is 11.8 Å². The van der Waals surface area contributed by atoms with Gasteiger partial charge in [-0.3, -0.25) is 0 Å². The lowest BCUT2D eigenvalue weighted by Gasteiger charge is -2.06. The standard InChI is InChI=1S/C4H6F2IN/c1-3(4(5)6)8(2)7/h1-2H3. The summed E-state index contributed by atoms with van der Waals surface area (Å²) in [7, 11) is 1.56. The third-order valence-corrected chi connectivity index (χ3v) is 1.46. The molecule has 0 aliphatic carbocycles. The fourth-order valence-electron chi connectivity index (χ4n) is 0.116. The SMILES string of the molecule is CC(=C(F)F)N(C)I. The molecule has 48 valence electrons. The van der Waals surface area contributed by atoms with Crippen LogP contribution < -0.4 is 0 Å². The minimum absolute atomic E-state index is 0.00519. The molecule has 4 heteroatoms. The first kappa shape index (κ1) is 8.13. The molecule has 8 heavy (non-hydrogen) atoms. The van der Waals surface area contributed by atoms with Gasteiger partial charge in [0, 0.05) is 7.05 Å². The normalized spacial score (nSPS) is 8.62. The molecule has 0 rings (SSSR count). The van der Waals surface area contributed by atoms with Crippen molar-refractivity contribution in [2.45, 2.75) is 6.92 Å². The van der Waals surface area contributed by atoms with E-state index in [-0.39, 0.29) is 5.70 Å². The summed E-state index contributed by atoms with van der Waals surface area (Å²) in [5.74, 6) is 0. The van der Waals surface area contributed by atoms with E-state index in [0.29, 0.717) is 0 Å². The van der Waals surface area contributed by atoms with Crippen molar-refractivity contribution in [3.8, 4) is 0 Å². The summed E-state index contributed by atoms with van der Waals surface area (Å²) < 4.78 is 24.4. The van der Waals surface area contributed by atoms with E-state index in [1.54, 1.807) is 29.9 Å². The topological polar surface area (TPSA) is 3.24 Å². The maximum absolute atomic E-state index is 11.5. The van der Waals surface area contributed by atoms with E-state index >= 15 is 0 Å². The maximum atomic E-state index is 11.5. The molecule has 0 radical (unpaired) electrons. The van der Waals surface area contributed by atoms with Gasteiger partial charge in [0.25, 0.3) is 6.08 Å². The smallest absolute Gasteiger partial charge is 0.289 e. The van der Waals surface area contributed by atoms with Crippen LogP contribution in [0.2, 0.25) is 0 Å². The summed E-state index contributed by atoms with van der Waals surface area (Å²) in [5.41, 5.74) is 0.00519. The molecule has 0 amide bonds. The van der Waals surface area contributed by atoms with Crippen LogP contribution in [0.5, 0.6) is 0 Å². The highest BCUT2D eigenvalue weighted by Crippen LogP contribution is 2.13. The molecule has 0 spiro atoms. The molecule has 0 heterocycles. The van der Waals surface area contributed by atoms with Crippen molar-refractivity contribution in [1.82, 2.24) is 3.11 Å². The minimum Gasteiger partial charge on any atom is -0.317 e. The van der Waals surface area contributed by atoms with Gasteiger partial charge in [0.2, 0.25) is 0 Å². The maximum Gasteiger partial charge on any atom is 0.289 e. The van der Waals surface area contributed by atoms with Crippen molar-refractivity contribution >= 4 is 22.9 Å². The third kappa shape index (κ3) is 2.44. The summed E-state index contributed by atoms with van der Waals surface area (Å²) in [5, 5.41) is 0. The Bertz CT molecular complexity index is 107. The number of rotatable bonds is 1. The van der Waals surface area contributed by atoms with Gasteiger partial charge in [-0.25, -0.2) is 0 Å². The molecule has 0 fully saturated rings. The Labute approximate surface area is 60.9 Å². The fourth-order valence-corrected chi connectivity index (χ4v) is 0.299. The summed E-state index contributed by atoms with van der Waals surface area (Å²) in [6.45, 7) is 1.36. The van der Waals surface area contributed by atoms with Gasteiger partial charge in [0.15, 0.2) is 0 Å². The molecular formula is C4H6F2IN. The Morgan fingerprint density at radius 1 is 1.50 bits per heavy atom. The number of hydrogen-bond acceptors (Lipinski definition) is 1. The molecule has 0 saturated heterocycles. The van der Waals surface area contributed by atoms with Crippen LogP contribution in [0.4, 0.5) is 8.78 Å². The van der Waals surface area contributed by atoms with Crippen LogP contribution in [0.25, 0.3) is 0 Å². The van der Waals surface area contributed by atoms with Gasteiger partial charge in [0.05, 0.1) is 28.6 Å².